The third-order valence-corrected chi connectivity index (χ3v) is 6.40. The Labute approximate surface area is 161 Å². The molecule has 1 saturated carbocycles. The van der Waals surface area contributed by atoms with Crippen molar-refractivity contribution in [3.8, 4) is 0 Å². The van der Waals surface area contributed by atoms with Crippen molar-refractivity contribution in [2.75, 3.05) is 38.1 Å². The average Bonchev–Trinajstić information content (AvgIpc) is 2.68. The van der Waals surface area contributed by atoms with E-state index in [1.54, 1.807) is 7.05 Å². The van der Waals surface area contributed by atoms with E-state index in [4.69, 9.17) is 4.74 Å². The molecule has 2 fully saturated rings. The number of ether oxygens (including phenoxy) is 1. The molecule has 0 amide bonds. The van der Waals surface area contributed by atoms with Crippen LogP contribution in [0, 0.1) is 0 Å². The van der Waals surface area contributed by atoms with Gasteiger partial charge in [0.05, 0.1) is 0 Å². The van der Waals surface area contributed by atoms with E-state index in [-0.39, 0.29) is 0 Å². The minimum absolute atomic E-state index is 0.392. The molecule has 0 radical (unpaired) electrons. The maximum absolute atomic E-state index is 13.0. The third-order valence-electron chi connectivity index (χ3n) is 6.40. The van der Waals surface area contributed by atoms with Crippen LogP contribution in [0.5, 0.6) is 0 Å². The van der Waals surface area contributed by atoms with Crippen molar-refractivity contribution in [3.05, 3.63) is 24.5 Å². The summed E-state index contributed by atoms with van der Waals surface area (Å²) in [4.78, 5) is 33.2. The first-order valence-corrected chi connectivity index (χ1v) is 9.75. The van der Waals surface area contributed by atoms with Crippen molar-refractivity contribution in [2.45, 2.75) is 50.6 Å². The fourth-order valence-corrected chi connectivity index (χ4v) is 4.82. The van der Waals surface area contributed by atoms with Crippen LogP contribution >= 0.6 is 0 Å². The van der Waals surface area contributed by atoms with Crippen LogP contribution in [0.1, 0.15) is 39.5 Å². The van der Waals surface area contributed by atoms with Crippen LogP contribution in [0.15, 0.2) is 24.5 Å². The largest absolute Gasteiger partial charge is 0.392 e. The van der Waals surface area contributed by atoms with Crippen LogP contribution in [0.4, 0.5) is 5.69 Å². The third kappa shape index (κ3) is 3.58. The number of carbonyl (C=O) groups is 2. The summed E-state index contributed by atoms with van der Waals surface area (Å²) in [6.07, 6.45) is 7.22. The summed E-state index contributed by atoms with van der Waals surface area (Å²) in [5.41, 5.74) is -0.0820. The van der Waals surface area contributed by atoms with Gasteiger partial charge in [0.15, 0.2) is 0 Å². The number of pyridine rings is 1. The van der Waals surface area contributed by atoms with Crippen molar-refractivity contribution in [1.82, 2.24) is 15.2 Å². The zero-order valence-corrected chi connectivity index (χ0v) is 16.5. The zero-order valence-electron chi connectivity index (χ0n) is 16.5. The monoisotopic (exact) mass is 374 g/mol. The minimum Gasteiger partial charge on any atom is -0.392 e. The first-order chi connectivity index (χ1) is 12.9. The van der Waals surface area contributed by atoms with Crippen molar-refractivity contribution in [3.63, 3.8) is 0 Å². The average molecular weight is 374 g/mol. The molecule has 1 saturated heterocycles. The number of aromatic nitrogens is 1. The summed E-state index contributed by atoms with van der Waals surface area (Å²) < 4.78 is 5.08. The number of carbonyl (C=O) groups excluding carboxylic acids is 2. The summed E-state index contributed by atoms with van der Waals surface area (Å²) in [5.74, 6) is -0.999. The molecule has 7 nitrogen and oxygen atoms in total. The first-order valence-electron chi connectivity index (χ1n) is 9.75. The van der Waals surface area contributed by atoms with Gasteiger partial charge >= 0.3 is 11.9 Å². The van der Waals surface area contributed by atoms with Gasteiger partial charge in [0, 0.05) is 56.7 Å². The Morgan fingerprint density at radius 2 is 1.74 bits per heavy atom. The van der Waals surface area contributed by atoms with Gasteiger partial charge in [-0.05, 0) is 38.9 Å². The van der Waals surface area contributed by atoms with Gasteiger partial charge in [-0.1, -0.05) is 12.8 Å². The van der Waals surface area contributed by atoms with Gasteiger partial charge in [-0.2, -0.15) is 0 Å². The Morgan fingerprint density at radius 1 is 1.11 bits per heavy atom. The topological polar surface area (TPSA) is 74.8 Å². The molecule has 3 rings (SSSR count). The molecule has 1 aliphatic carbocycles. The number of hydrogen-bond acceptors (Lipinski definition) is 7. The number of esters is 2. The summed E-state index contributed by atoms with van der Waals surface area (Å²) >= 11 is 0. The highest BCUT2D eigenvalue weighted by molar-refractivity contribution is 5.91. The zero-order chi connectivity index (χ0) is 19.5. The lowest BCUT2D eigenvalue weighted by atomic mass is 9.66. The van der Waals surface area contributed by atoms with E-state index < -0.39 is 23.0 Å². The van der Waals surface area contributed by atoms with Crippen LogP contribution in [0.25, 0.3) is 0 Å². The molecule has 0 aromatic carbocycles. The highest BCUT2D eigenvalue weighted by Crippen LogP contribution is 2.43. The molecule has 2 unspecified atom stereocenters. The lowest BCUT2D eigenvalue weighted by molar-refractivity contribution is -0.171. The van der Waals surface area contributed by atoms with E-state index in [1.807, 2.05) is 24.5 Å². The van der Waals surface area contributed by atoms with Crippen LogP contribution in [0.3, 0.4) is 0 Å². The number of nitrogens with zero attached hydrogens (tertiary/aromatic N) is 3. The standard InChI is InChI=1S/C20H30N4O3/c1-16(25)27-18(26)20(21-3)9-5-4-8-19(20,2)24-14-12-23(13-15-24)17-6-10-22-11-7-17/h6-7,10-11,21H,4-5,8-9,12-15H2,1-3H3. The van der Waals surface area contributed by atoms with E-state index in [9.17, 15) is 9.59 Å². The van der Waals surface area contributed by atoms with Gasteiger partial charge in [0.25, 0.3) is 0 Å². The van der Waals surface area contributed by atoms with Gasteiger partial charge in [-0.3, -0.25) is 14.7 Å². The van der Waals surface area contributed by atoms with E-state index in [0.717, 1.165) is 45.4 Å². The van der Waals surface area contributed by atoms with E-state index in [1.165, 1.54) is 12.6 Å². The number of rotatable bonds is 4. The predicted octanol–water partition coefficient (Wildman–Crippen LogP) is 1.58. The smallest absolute Gasteiger partial charge is 0.335 e. The number of piperazine rings is 1. The van der Waals surface area contributed by atoms with Gasteiger partial charge in [-0.25, -0.2) is 4.79 Å². The second kappa shape index (κ2) is 7.94. The second-order valence-electron chi connectivity index (χ2n) is 7.70. The van der Waals surface area contributed by atoms with Gasteiger partial charge in [0.2, 0.25) is 0 Å². The molecule has 0 bridgehead atoms. The molecule has 148 valence electrons. The minimum atomic E-state index is -0.865. The van der Waals surface area contributed by atoms with Crippen LogP contribution < -0.4 is 10.2 Å². The Bertz CT molecular complexity index is 675. The predicted molar refractivity (Wildman–Crippen MR) is 103 cm³/mol. The molecule has 7 heteroatoms. The van der Waals surface area contributed by atoms with E-state index in [0.29, 0.717) is 6.42 Å². The van der Waals surface area contributed by atoms with E-state index in [2.05, 4.69) is 27.0 Å². The first kappa shape index (κ1) is 19.8. The quantitative estimate of drug-likeness (QED) is 0.633. The molecule has 2 heterocycles. The molecule has 2 atom stereocenters. The summed E-state index contributed by atoms with van der Waals surface area (Å²) in [6.45, 7) is 6.93. The Kier molecular flexibility index (Phi) is 5.81. The van der Waals surface area contributed by atoms with Gasteiger partial charge in [0.1, 0.15) is 5.54 Å². The second-order valence-corrected chi connectivity index (χ2v) is 7.70. The number of anilines is 1. The molecular formula is C20H30N4O3. The normalized spacial score (nSPS) is 29.4. The molecule has 27 heavy (non-hydrogen) atoms. The van der Waals surface area contributed by atoms with Crippen molar-refractivity contribution in [2.24, 2.45) is 0 Å². The molecule has 1 aliphatic heterocycles. The maximum Gasteiger partial charge on any atom is 0.335 e. The van der Waals surface area contributed by atoms with Crippen LogP contribution in [-0.4, -0.2) is 66.1 Å². The van der Waals surface area contributed by atoms with E-state index >= 15 is 0 Å². The molecule has 1 N–H and O–H groups in total. The lowest BCUT2D eigenvalue weighted by Gasteiger charge is -2.57. The molecular weight excluding hydrogens is 344 g/mol. The van der Waals surface area contributed by atoms with Gasteiger partial charge in [-0.15, -0.1) is 0 Å². The van der Waals surface area contributed by atoms with Crippen LogP contribution in [-0.2, 0) is 14.3 Å². The van der Waals surface area contributed by atoms with Crippen molar-refractivity contribution < 1.29 is 14.3 Å². The Hall–Kier alpha value is -1.99. The molecule has 1 aromatic heterocycles. The molecule has 2 aliphatic rings. The fourth-order valence-electron chi connectivity index (χ4n) is 4.82. The van der Waals surface area contributed by atoms with Gasteiger partial charge < -0.3 is 15.0 Å². The number of nitrogens with one attached hydrogen (secondary N) is 1. The summed E-state index contributed by atoms with van der Waals surface area (Å²) in [5, 5.41) is 3.26. The summed E-state index contributed by atoms with van der Waals surface area (Å²) in [7, 11) is 1.80. The highest BCUT2D eigenvalue weighted by Gasteiger charge is 2.58. The molecule has 0 spiro atoms. The van der Waals surface area contributed by atoms with Crippen molar-refractivity contribution in [1.29, 1.82) is 0 Å². The van der Waals surface area contributed by atoms with Crippen molar-refractivity contribution >= 4 is 17.6 Å². The number of hydrogen-bond donors (Lipinski definition) is 1. The SMILES string of the molecule is CNC1(C(=O)OC(C)=O)CCCCC1(C)N1CCN(c2ccncc2)CC1. The highest BCUT2D eigenvalue weighted by atomic mass is 16.6. The number of likely N-dealkylation sites (N-methyl/N-ethyl adjacent to an activating group) is 1. The Balaban J connectivity index is 1.80. The Morgan fingerprint density at radius 3 is 2.33 bits per heavy atom. The molecule has 1 aromatic rings. The summed E-state index contributed by atoms with van der Waals surface area (Å²) in [6, 6.07) is 4.06. The maximum atomic E-state index is 13.0. The lowest BCUT2D eigenvalue weighted by Crippen LogP contribution is -2.75. The van der Waals surface area contributed by atoms with Crippen LogP contribution in [0.2, 0.25) is 0 Å². The fraction of sp³-hybridized carbons (Fsp3) is 0.650.